The van der Waals surface area contributed by atoms with Crippen LogP contribution in [0.15, 0.2) is 11.1 Å². The number of halogens is 1. The van der Waals surface area contributed by atoms with Gasteiger partial charge in [0.15, 0.2) is 0 Å². The molecule has 1 atom stereocenters. The average Bonchev–Trinajstić information content (AvgIpc) is 2.65. The molecular weight excluding hydrogens is 272 g/mol. The molecule has 17 heavy (non-hydrogen) atoms. The molecule has 0 aliphatic rings. The first-order valence-corrected chi connectivity index (χ1v) is 7.84. The molecule has 0 fully saturated rings. The van der Waals surface area contributed by atoms with E-state index >= 15 is 0 Å². The zero-order chi connectivity index (χ0) is 12.4. The minimum absolute atomic E-state index is 0.353. The number of thioether (sulfide) groups is 1. The van der Waals surface area contributed by atoms with E-state index in [0.717, 1.165) is 21.0 Å². The zero-order valence-electron chi connectivity index (χ0n) is 10.2. The van der Waals surface area contributed by atoms with Gasteiger partial charge in [-0.15, -0.1) is 23.1 Å². The van der Waals surface area contributed by atoms with Crippen LogP contribution in [-0.4, -0.2) is 15.7 Å². The number of rotatable bonds is 4. The molecule has 92 valence electrons. The van der Waals surface area contributed by atoms with Crippen molar-refractivity contribution in [3.05, 3.63) is 16.2 Å². The van der Waals surface area contributed by atoms with Gasteiger partial charge in [-0.1, -0.05) is 20.3 Å². The molecule has 0 aromatic carbocycles. The molecule has 0 saturated heterocycles. The Balaban J connectivity index is 2.31. The molecule has 2 aromatic rings. The van der Waals surface area contributed by atoms with Gasteiger partial charge < -0.3 is 0 Å². The van der Waals surface area contributed by atoms with Crippen molar-refractivity contribution < 1.29 is 0 Å². The fourth-order valence-electron chi connectivity index (χ4n) is 1.44. The molecule has 2 aromatic heterocycles. The molecule has 0 N–H and O–H groups in total. The van der Waals surface area contributed by atoms with Gasteiger partial charge in [0.2, 0.25) is 5.28 Å². The van der Waals surface area contributed by atoms with Crippen molar-refractivity contribution in [1.29, 1.82) is 0 Å². The molecule has 2 rings (SSSR count). The highest BCUT2D eigenvalue weighted by atomic mass is 35.5. The third-order valence-corrected chi connectivity index (χ3v) is 5.09. The maximum Gasteiger partial charge on any atom is 0.224 e. The Morgan fingerprint density at radius 2 is 2.24 bits per heavy atom. The normalized spacial score (nSPS) is 13.2. The highest BCUT2D eigenvalue weighted by Crippen LogP contribution is 2.33. The van der Waals surface area contributed by atoms with Crippen molar-refractivity contribution in [1.82, 2.24) is 9.97 Å². The summed E-state index contributed by atoms with van der Waals surface area (Å²) in [5, 5.41) is 2.51. The van der Waals surface area contributed by atoms with Crippen molar-refractivity contribution >= 4 is 44.9 Å². The van der Waals surface area contributed by atoms with Crippen molar-refractivity contribution in [3.8, 4) is 0 Å². The number of nitrogens with zero attached hydrogens (tertiary/aromatic N) is 2. The Morgan fingerprint density at radius 1 is 1.47 bits per heavy atom. The molecule has 0 aliphatic carbocycles. The van der Waals surface area contributed by atoms with Gasteiger partial charge in [-0.3, -0.25) is 0 Å². The van der Waals surface area contributed by atoms with Crippen molar-refractivity contribution in [3.63, 3.8) is 0 Å². The van der Waals surface area contributed by atoms with Gasteiger partial charge in [0.25, 0.3) is 0 Å². The first-order chi connectivity index (χ1) is 8.10. The summed E-state index contributed by atoms with van der Waals surface area (Å²) in [7, 11) is 0. The Morgan fingerprint density at radius 3 is 2.94 bits per heavy atom. The van der Waals surface area contributed by atoms with Crippen molar-refractivity contribution in [2.75, 3.05) is 5.75 Å². The molecule has 5 heteroatoms. The van der Waals surface area contributed by atoms with Crippen LogP contribution >= 0.6 is 34.7 Å². The summed E-state index contributed by atoms with van der Waals surface area (Å²) in [6.07, 6.45) is 1.19. The predicted octanol–water partition coefficient (Wildman–Crippen LogP) is 4.79. The standard InChI is InChI=1S/C12H15ClN2S2/c1-4-7(2)6-16-10-9-5-8(3)17-11(9)15-12(13)14-10/h5,7H,4,6H2,1-3H3. The number of aromatic nitrogens is 2. The maximum absolute atomic E-state index is 5.95. The molecule has 0 aliphatic heterocycles. The molecule has 0 spiro atoms. The maximum atomic E-state index is 5.95. The summed E-state index contributed by atoms with van der Waals surface area (Å²) < 4.78 is 0. The summed E-state index contributed by atoms with van der Waals surface area (Å²) in [5.74, 6) is 1.77. The summed E-state index contributed by atoms with van der Waals surface area (Å²) in [6, 6.07) is 2.15. The Labute approximate surface area is 115 Å². The summed E-state index contributed by atoms with van der Waals surface area (Å²) in [4.78, 5) is 10.9. The second-order valence-corrected chi connectivity index (χ2v) is 6.78. The number of thiophene rings is 1. The van der Waals surface area contributed by atoms with Crippen LogP contribution < -0.4 is 0 Å². The van der Waals surface area contributed by atoms with Crippen LogP contribution in [0.2, 0.25) is 5.28 Å². The summed E-state index contributed by atoms with van der Waals surface area (Å²) >= 11 is 9.41. The van der Waals surface area contributed by atoms with Gasteiger partial charge >= 0.3 is 0 Å². The molecule has 1 unspecified atom stereocenters. The number of hydrogen-bond acceptors (Lipinski definition) is 4. The van der Waals surface area contributed by atoms with E-state index in [2.05, 4.69) is 36.8 Å². The second kappa shape index (κ2) is 5.55. The van der Waals surface area contributed by atoms with E-state index in [1.807, 2.05) is 0 Å². The molecule has 2 heterocycles. The number of fused-ring (bicyclic) bond motifs is 1. The van der Waals surface area contributed by atoms with Crippen LogP contribution in [0.25, 0.3) is 10.2 Å². The number of hydrogen-bond donors (Lipinski definition) is 0. The van der Waals surface area contributed by atoms with Crippen molar-refractivity contribution in [2.24, 2.45) is 5.92 Å². The van der Waals surface area contributed by atoms with E-state index in [1.54, 1.807) is 23.1 Å². The molecule has 2 nitrogen and oxygen atoms in total. The highest BCUT2D eigenvalue weighted by Gasteiger charge is 2.11. The Hall–Kier alpha value is -0.320. The quantitative estimate of drug-likeness (QED) is 0.459. The van der Waals surface area contributed by atoms with E-state index in [9.17, 15) is 0 Å². The zero-order valence-corrected chi connectivity index (χ0v) is 12.5. The second-order valence-electron chi connectivity index (χ2n) is 4.20. The van der Waals surface area contributed by atoms with Gasteiger partial charge in [-0.25, -0.2) is 9.97 Å². The third kappa shape index (κ3) is 3.12. The predicted molar refractivity (Wildman–Crippen MR) is 77.3 cm³/mol. The Kier molecular flexibility index (Phi) is 4.28. The van der Waals surface area contributed by atoms with E-state index in [-0.39, 0.29) is 0 Å². The lowest BCUT2D eigenvalue weighted by Gasteiger charge is -2.07. The largest absolute Gasteiger partial charge is 0.224 e. The Bertz CT molecular complexity index is 524. The topological polar surface area (TPSA) is 25.8 Å². The van der Waals surface area contributed by atoms with Gasteiger partial charge in [0.05, 0.1) is 0 Å². The lowest BCUT2D eigenvalue weighted by molar-refractivity contribution is 0.636. The SMILES string of the molecule is CCC(C)CSc1nc(Cl)nc2sc(C)cc12. The van der Waals surface area contributed by atoms with Gasteiger partial charge in [0, 0.05) is 16.0 Å². The molecule has 0 bridgehead atoms. The molecule has 0 amide bonds. The van der Waals surface area contributed by atoms with Crippen LogP contribution in [0.1, 0.15) is 25.1 Å². The van der Waals surface area contributed by atoms with Crippen LogP contribution in [-0.2, 0) is 0 Å². The van der Waals surface area contributed by atoms with Crippen LogP contribution in [0.4, 0.5) is 0 Å². The number of aryl methyl sites for hydroxylation is 1. The fraction of sp³-hybridized carbons (Fsp3) is 0.500. The van der Waals surface area contributed by atoms with Gasteiger partial charge in [-0.05, 0) is 30.5 Å². The van der Waals surface area contributed by atoms with Gasteiger partial charge in [0.1, 0.15) is 9.86 Å². The van der Waals surface area contributed by atoms with Crippen molar-refractivity contribution in [2.45, 2.75) is 32.2 Å². The van der Waals surface area contributed by atoms with Crippen LogP contribution in [0.5, 0.6) is 0 Å². The fourth-order valence-corrected chi connectivity index (χ4v) is 3.79. The minimum Gasteiger partial charge on any atom is -0.211 e. The van der Waals surface area contributed by atoms with Crippen LogP contribution in [0, 0.1) is 12.8 Å². The van der Waals surface area contributed by atoms with E-state index < -0.39 is 0 Å². The van der Waals surface area contributed by atoms with E-state index in [4.69, 9.17) is 11.6 Å². The minimum atomic E-state index is 0.353. The van der Waals surface area contributed by atoms with E-state index in [0.29, 0.717) is 11.2 Å². The van der Waals surface area contributed by atoms with Crippen LogP contribution in [0.3, 0.4) is 0 Å². The first kappa shape index (κ1) is 13.1. The average molecular weight is 287 g/mol. The highest BCUT2D eigenvalue weighted by molar-refractivity contribution is 7.99. The monoisotopic (exact) mass is 286 g/mol. The first-order valence-electron chi connectivity index (χ1n) is 5.66. The third-order valence-electron chi connectivity index (χ3n) is 2.66. The molecule has 0 radical (unpaired) electrons. The molecular formula is C12H15ClN2S2. The lowest BCUT2D eigenvalue weighted by atomic mass is 10.2. The smallest absolute Gasteiger partial charge is 0.211 e. The van der Waals surface area contributed by atoms with Gasteiger partial charge in [-0.2, -0.15) is 0 Å². The summed E-state index contributed by atoms with van der Waals surface area (Å²) in [6.45, 7) is 6.55. The lowest BCUT2D eigenvalue weighted by Crippen LogP contribution is -1.96. The van der Waals surface area contributed by atoms with E-state index in [1.165, 1.54) is 11.3 Å². The summed E-state index contributed by atoms with van der Waals surface area (Å²) in [5.41, 5.74) is 0. The molecule has 0 saturated carbocycles.